The minimum absolute atomic E-state index is 0.0717. The van der Waals surface area contributed by atoms with Gasteiger partial charge in [0.15, 0.2) is 5.84 Å². The van der Waals surface area contributed by atoms with E-state index in [4.69, 9.17) is 5.73 Å². The summed E-state index contributed by atoms with van der Waals surface area (Å²) in [6.07, 6.45) is 3.51. The van der Waals surface area contributed by atoms with Gasteiger partial charge in [0.05, 0.1) is 6.10 Å². The van der Waals surface area contributed by atoms with Gasteiger partial charge >= 0.3 is 0 Å². The maximum atomic E-state index is 14.3. The number of para-hydroxylation sites is 1. The lowest BCUT2D eigenvalue weighted by molar-refractivity contribution is 0.109. The summed E-state index contributed by atoms with van der Waals surface area (Å²) in [6, 6.07) is 3.69. The van der Waals surface area contributed by atoms with Crippen molar-refractivity contribution >= 4 is 17.5 Å². The van der Waals surface area contributed by atoms with Crippen molar-refractivity contribution in [2.45, 2.75) is 57.7 Å². The molecule has 162 valence electrons. The Labute approximate surface area is 175 Å². The molecular formula is C21H28F2N6O. The van der Waals surface area contributed by atoms with Crippen LogP contribution >= 0.6 is 0 Å². The number of aliphatic hydroxyl groups excluding tert-OH is 1. The number of halogens is 2. The van der Waals surface area contributed by atoms with Gasteiger partial charge in [-0.2, -0.15) is 0 Å². The molecule has 1 aromatic carbocycles. The number of benzene rings is 1. The van der Waals surface area contributed by atoms with Gasteiger partial charge in [-0.05, 0) is 51.7 Å². The molecule has 5 N–H and O–H groups in total. The molecule has 0 bridgehead atoms. The summed E-state index contributed by atoms with van der Waals surface area (Å²) in [6.45, 7) is 7.86. The molecule has 3 rings (SSSR count). The Bertz CT molecular complexity index is 867. The lowest BCUT2D eigenvalue weighted by Crippen LogP contribution is -2.47. The third-order valence-corrected chi connectivity index (χ3v) is 5.00. The quantitative estimate of drug-likeness (QED) is 0.589. The van der Waals surface area contributed by atoms with E-state index < -0.39 is 11.6 Å². The number of hydrogen-bond donors (Lipinski definition) is 4. The molecule has 1 saturated carbocycles. The van der Waals surface area contributed by atoms with Crippen molar-refractivity contribution in [3.05, 3.63) is 54.1 Å². The van der Waals surface area contributed by atoms with E-state index >= 15 is 0 Å². The molecule has 1 aliphatic carbocycles. The Morgan fingerprint density at radius 1 is 1.30 bits per heavy atom. The third-order valence-electron chi connectivity index (χ3n) is 5.00. The molecule has 2 aliphatic rings. The normalized spacial score (nSPS) is 24.5. The molecule has 1 aliphatic heterocycles. The van der Waals surface area contributed by atoms with Crippen LogP contribution in [-0.4, -0.2) is 40.0 Å². The van der Waals surface area contributed by atoms with E-state index in [1.54, 1.807) is 4.90 Å². The summed E-state index contributed by atoms with van der Waals surface area (Å²) in [5.74, 6) is -0.365. The zero-order valence-corrected chi connectivity index (χ0v) is 17.2. The molecule has 0 radical (unpaired) electrons. The molecule has 30 heavy (non-hydrogen) atoms. The molecule has 0 spiro atoms. The van der Waals surface area contributed by atoms with Crippen molar-refractivity contribution < 1.29 is 13.9 Å². The van der Waals surface area contributed by atoms with E-state index in [0.29, 0.717) is 43.0 Å². The average molecular weight is 418 g/mol. The molecule has 1 heterocycles. The Balaban J connectivity index is 1.99. The number of aliphatic hydroxyl groups is 1. The van der Waals surface area contributed by atoms with Crippen LogP contribution < -0.4 is 16.4 Å². The molecule has 0 unspecified atom stereocenters. The van der Waals surface area contributed by atoms with E-state index in [1.807, 2.05) is 13.8 Å². The largest absolute Gasteiger partial charge is 0.403 e. The van der Waals surface area contributed by atoms with Crippen molar-refractivity contribution in [2.75, 3.05) is 5.32 Å². The first-order valence-electron chi connectivity index (χ1n) is 10.0. The van der Waals surface area contributed by atoms with Gasteiger partial charge in [-0.1, -0.05) is 12.6 Å². The number of nitrogens with two attached hydrogens (primary N) is 1. The van der Waals surface area contributed by atoms with Crippen LogP contribution in [0.1, 0.15) is 39.5 Å². The van der Waals surface area contributed by atoms with Gasteiger partial charge in [0.1, 0.15) is 28.8 Å². The fraction of sp³-hybridized carbons (Fsp3) is 0.429. The van der Waals surface area contributed by atoms with Crippen LogP contribution in [0.3, 0.4) is 0 Å². The first-order valence-corrected chi connectivity index (χ1v) is 10.0. The summed E-state index contributed by atoms with van der Waals surface area (Å²) in [5.41, 5.74) is 5.86. The first-order chi connectivity index (χ1) is 14.3. The van der Waals surface area contributed by atoms with E-state index in [-0.39, 0.29) is 29.8 Å². The number of hydrogen-bond acceptors (Lipinski definition) is 6. The van der Waals surface area contributed by atoms with Gasteiger partial charge < -0.3 is 21.5 Å². The van der Waals surface area contributed by atoms with Gasteiger partial charge in [0, 0.05) is 18.3 Å². The van der Waals surface area contributed by atoms with Gasteiger partial charge in [0.2, 0.25) is 5.96 Å². The fourth-order valence-electron chi connectivity index (χ4n) is 3.64. The molecular weight excluding hydrogens is 390 g/mol. The average Bonchev–Trinajstić information content (AvgIpc) is 3.02. The van der Waals surface area contributed by atoms with Crippen molar-refractivity contribution in [3.8, 4) is 0 Å². The summed E-state index contributed by atoms with van der Waals surface area (Å²) in [4.78, 5) is 10.8. The minimum Gasteiger partial charge on any atom is -0.403 e. The second kappa shape index (κ2) is 9.25. The highest BCUT2D eigenvalue weighted by molar-refractivity contribution is 6.18. The number of rotatable bonds is 5. The molecule has 9 heteroatoms. The number of guanidine groups is 1. The first kappa shape index (κ1) is 21.8. The van der Waals surface area contributed by atoms with Crippen LogP contribution in [0.15, 0.2) is 52.5 Å². The van der Waals surface area contributed by atoms with E-state index in [0.717, 1.165) is 0 Å². The van der Waals surface area contributed by atoms with Crippen molar-refractivity contribution in [3.63, 3.8) is 0 Å². The Hall–Kier alpha value is -2.94. The summed E-state index contributed by atoms with van der Waals surface area (Å²) in [5, 5.41) is 15.8. The van der Waals surface area contributed by atoms with Gasteiger partial charge in [-0.3, -0.25) is 4.90 Å². The predicted molar refractivity (Wildman–Crippen MR) is 115 cm³/mol. The monoisotopic (exact) mass is 418 g/mol. The summed E-state index contributed by atoms with van der Waals surface area (Å²) < 4.78 is 28.5. The molecule has 0 aromatic heterocycles. The number of aliphatic imine (C=N–C) groups is 2. The Kier molecular flexibility index (Phi) is 6.71. The molecule has 1 aromatic rings. The second-order valence-corrected chi connectivity index (χ2v) is 7.72. The van der Waals surface area contributed by atoms with Crippen LogP contribution in [0.4, 0.5) is 14.5 Å². The van der Waals surface area contributed by atoms with E-state index in [1.165, 1.54) is 24.4 Å². The van der Waals surface area contributed by atoms with Crippen LogP contribution in [0, 0.1) is 11.6 Å². The smallest absolute Gasteiger partial charge is 0.210 e. The summed E-state index contributed by atoms with van der Waals surface area (Å²) >= 11 is 0. The van der Waals surface area contributed by atoms with Crippen LogP contribution in [0.5, 0.6) is 0 Å². The summed E-state index contributed by atoms with van der Waals surface area (Å²) in [7, 11) is 0. The lowest BCUT2D eigenvalue weighted by Gasteiger charge is -2.35. The standard InChI is InChI=1S/C21H28F2N6O/c1-12(2)25-13(3)26-20-18(11-24)27-21(28-19-16(22)5-4-6-17(19)23)29(20)14-7-9-15(30)10-8-14/h4-6,11-12,14-15,25,30H,3,7-10,24H2,1-2H3,(H,27,28)/b18-11+,26-20+/t14-,15-. The van der Waals surface area contributed by atoms with E-state index in [9.17, 15) is 13.9 Å². The highest BCUT2D eigenvalue weighted by Gasteiger charge is 2.37. The maximum absolute atomic E-state index is 14.3. The fourth-order valence-corrected chi connectivity index (χ4v) is 3.64. The van der Waals surface area contributed by atoms with Gasteiger partial charge in [-0.25, -0.2) is 18.8 Å². The Morgan fingerprint density at radius 3 is 2.50 bits per heavy atom. The second-order valence-electron chi connectivity index (χ2n) is 7.72. The SMILES string of the molecule is C=C(/N=C1\C(=C/N)N=C(Nc2c(F)cccc2F)N1[C@H]1CC[C@H](O)CC1)NC(C)C. The zero-order chi connectivity index (χ0) is 21.8. The van der Waals surface area contributed by atoms with Gasteiger partial charge in [0.25, 0.3) is 0 Å². The molecule has 0 saturated heterocycles. The topological polar surface area (TPSA) is 98.3 Å². The van der Waals surface area contributed by atoms with E-state index in [2.05, 4.69) is 27.2 Å². The molecule has 0 amide bonds. The molecule has 7 nitrogen and oxygen atoms in total. The third kappa shape index (κ3) is 4.79. The van der Waals surface area contributed by atoms with Crippen LogP contribution in [0.25, 0.3) is 0 Å². The lowest BCUT2D eigenvalue weighted by atomic mass is 9.92. The number of nitrogens with zero attached hydrogens (tertiary/aromatic N) is 3. The van der Waals surface area contributed by atoms with Crippen molar-refractivity contribution in [1.29, 1.82) is 0 Å². The van der Waals surface area contributed by atoms with Crippen LogP contribution in [-0.2, 0) is 0 Å². The molecule has 0 atom stereocenters. The number of nitrogens with one attached hydrogen (secondary N) is 2. The zero-order valence-electron chi connectivity index (χ0n) is 17.2. The van der Waals surface area contributed by atoms with Crippen molar-refractivity contribution in [2.24, 2.45) is 15.7 Å². The highest BCUT2D eigenvalue weighted by atomic mass is 19.1. The highest BCUT2D eigenvalue weighted by Crippen LogP contribution is 2.30. The van der Waals surface area contributed by atoms with Gasteiger partial charge in [-0.15, -0.1) is 0 Å². The number of anilines is 1. The minimum atomic E-state index is -0.730. The predicted octanol–water partition coefficient (Wildman–Crippen LogP) is 3.02. The number of amidine groups is 1. The van der Waals surface area contributed by atoms with Crippen molar-refractivity contribution in [1.82, 2.24) is 10.2 Å². The Morgan fingerprint density at radius 2 is 1.93 bits per heavy atom. The molecule has 1 fully saturated rings. The maximum Gasteiger partial charge on any atom is 0.210 e. The van der Waals surface area contributed by atoms with Crippen LogP contribution in [0.2, 0.25) is 0 Å².